The Hall–Kier alpha value is -1.55. The highest BCUT2D eigenvalue weighted by Gasteiger charge is 2.38. The number of morpholine rings is 1. The number of ether oxygens (including phenoxy) is 1. The van der Waals surface area contributed by atoms with Crippen LogP contribution in [0.2, 0.25) is 0 Å². The zero-order valence-corrected chi connectivity index (χ0v) is 16.5. The molecule has 2 aliphatic heterocycles. The lowest BCUT2D eigenvalue weighted by atomic mass is 9.83. The van der Waals surface area contributed by atoms with E-state index in [0.717, 1.165) is 5.56 Å². The summed E-state index contributed by atoms with van der Waals surface area (Å²) in [6.45, 7) is 6.36. The first-order chi connectivity index (χ1) is 12.7. The molecular weight excluding hydrogens is 373 g/mol. The Morgan fingerprint density at radius 2 is 1.48 bits per heavy atom. The van der Waals surface area contributed by atoms with Crippen molar-refractivity contribution in [2.24, 2.45) is 0 Å². The van der Waals surface area contributed by atoms with Crippen LogP contribution in [0.25, 0.3) is 0 Å². The van der Waals surface area contributed by atoms with Crippen LogP contribution in [-0.4, -0.2) is 80.3 Å². The van der Waals surface area contributed by atoms with E-state index in [-0.39, 0.29) is 24.8 Å². The van der Waals surface area contributed by atoms with E-state index in [4.69, 9.17) is 4.74 Å². The third-order valence-electron chi connectivity index (χ3n) is 5.25. The maximum atomic E-state index is 13.2. The number of nitrogens with zero attached hydrogens (tertiary/aromatic N) is 3. The molecule has 27 heavy (non-hydrogen) atoms. The number of halogens is 1. The smallest absolute Gasteiger partial charge is 0.282 e. The van der Waals surface area contributed by atoms with Crippen molar-refractivity contribution < 1.29 is 22.3 Å². The summed E-state index contributed by atoms with van der Waals surface area (Å²) in [6.07, 6.45) is 0. The van der Waals surface area contributed by atoms with Crippen LogP contribution in [0.5, 0.6) is 0 Å². The fraction of sp³-hybridized carbons (Fsp3) is 0.611. The van der Waals surface area contributed by atoms with Gasteiger partial charge in [-0.3, -0.25) is 4.79 Å². The van der Waals surface area contributed by atoms with Crippen molar-refractivity contribution >= 4 is 16.1 Å². The Balaban J connectivity index is 1.64. The second-order valence-corrected chi connectivity index (χ2v) is 9.27. The summed E-state index contributed by atoms with van der Waals surface area (Å²) in [4.78, 5) is 14.7. The molecule has 9 heteroatoms. The quantitative estimate of drug-likeness (QED) is 0.752. The fourth-order valence-electron chi connectivity index (χ4n) is 3.45. The summed E-state index contributed by atoms with van der Waals surface area (Å²) >= 11 is 0. The molecule has 0 aromatic heterocycles. The minimum atomic E-state index is -3.52. The molecule has 150 valence electrons. The summed E-state index contributed by atoms with van der Waals surface area (Å²) in [5.74, 6) is -0.429. The van der Waals surface area contributed by atoms with Gasteiger partial charge in [0.2, 0.25) is 5.91 Å². The van der Waals surface area contributed by atoms with E-state index in [0.29, 0.717) is 39.4 Å². The molecule has 0 aliphatic carbocycles. The lowest BCUT2D eigenvalue weighted by Gasteiger charge is -2.40. The average Bonchev–Trinajstić information content (AvgIpc) is 2.68. The van der Waals surface area contributed by atoms with Gasteiger partial charge in [0.1, 0.15) is 5.82 Å². The van der Waals surface area contributed by atoms with Crippen LogP contribution >= 0.6 is 0 Å². The Labute approximate surface area is 159 Å². The lowest BCUT2D eigenvalue weighted by molar-refractivity contribution is -0.137. The number of amides is 1. The van der Waals surface area contributed by atoms with Crippen LogP contribution in [-0.2, 0) is 25.2 Å². The van der Waals surface area contributed by atoms with Crippen LogP contribution < -0.4 is 0 Å². The molecule has 0 atom stereocenters. The van der Waals surface area contributed by atoms with E-state index < -0.39 is 15.6 Å². The first-order valence-electron chi connectivity index (χ1n) is 9.11. The van der Waals surface area contributed by atoms with Gasteiger partial charge in [0.25, 0.3) is 10.2 Å². The molecule has 0 radical (unpaired) electrons. The van der Waals surface area contributed by atoms with Crippen molar-refractivity contribution in [3.05, 3.63) is 35.6 Å². The Bertz CT molecular complexity index is 768. The third kappa shape index (κ3) is 4.16. The lowest BCUT2D eigenvalue weighted by Crippen LogP contribution is -2.57. The SMILES string of the molecule is CC(C)(C(=O)N1CCN(S(=O)(=O)N2CCOCC2)CC1)c1ccc(F)cc1. The minimum Gasteiger partial charge on any atom is -0.379 e. The first-order valence-corrected chi connectivity index (χ1v) is 10.5. The zero-order valence-electron chi connectivity index (χ0n) is 15.7. The highest BCUT2D eigenvalue weighted by atomic mass is 32.2. The van der Waals surface area contributed by atoms with Crippen LogP contribution in [0.1, 0.15) is 19.4 Å². The fourth-order valence-corrected chi connectivity index (χ4v) is 5.01. The first kappa shape index (κ1) is 20.2. The van der Waals surface area contributed by atoms with Gasteiger partial charge >= 0.3 is 0 Å². The van der Waals surface area contributed by atoms with Gasteiger partial charge in [-0.05, 0) is 31.5 Å². The maximum absolute atomic E-state index is 13.2. The molecule has 0 saturated carbocycles. The molecule has 0 N–H and O–H groups in total. The number of hydrogen-bond acceptors (Lipinski definition) is 4. The highest BCUT2D eigenvalue weighted by molar-refractivity contribution is 7.86. The summed E-state index contributed by atoms with van der Waals surface area (Å²) in [7, 11) is -3.52. The Kier molecular flexibility index (Phi) is 5.85. The molecule has 0 spiro atoms. The number of carbonyl (C=O) groups excluding carboxylic acids is 1. The number of hydrogen-bond donors (Lipinski definition) is 0. The van der Waals surface area contributed by atoms with E-state index in [9.17, 15) is 17.6 Å². The number of rotatable bonds is 4. The molecular formula is C18H26FN3O4S. The molecule has 0 bridgehead atoms. The maximum Gasteiger partial charge on any atom is 0.282 e. The van der Waals surface area contributed by atoms with Gasteiger partial charge in [-0.1, -0.05) is 12.1 Å². The molecule has 2 aliphatic rings. The second-order valence-electron chi connectivity index (χ2n) is 7.34. The van der Waals surface area contributed by atoms with E-state index in [1.165, 1.54) is 20.7 Å². The zero-order chi connectivity index (χ0) is 19.7. The van der Waals surface area contributed by atoms with Crippen LogP contribution in [0.4, 0.5) is 4.39 Å². The highest BCUT2D eigenvalue weighted by Crippen LogP contribution is 2.27. The Morgan fingerprint density at radius 1 is 0.963 bits per heavy atom. The van der Waals surface area contributed by atoms with Gasteiger partial charge in [-0.2, -0.15) is 17.0 Å². The average molecular weight is 399 g/mol. The molecule has 0 unspecified atom stereocenters. The minimum absolute atomic E-state index is 0.0856. The van der Waals surface area contributed by atoms with Crippen molar-refractivity contribution in [2.75, 3.05) is 52.5 Å². The molecule has 2 saturated heterocycles. The van der Waals surface area contributed by atoms with Crippen molar-refractivity contribution in [1.29, 1.82) is 0 Å². The summed E-state index contributed by atoms with van der Waals surface area (Å²) in [5, 5.41) is 0. The Morgan fingerprint density at radius 3 is 2.04 bits per heavy atom. The standard InChI is InChI=1S/C18H26FN3O4S/c1-18(2,15-3-5-16(19)6-4-15)17(23)20-7-9-21(10-8-20)27(24,25)22-11-13-26-14-12-22/h3-6H,7-14H2,1-2H3. The van der Waals surface area contributed by atoms with Crippen molar-refractivity contribution in [2.45, 2.75) is 19.3 Å². The molecule has 1 aromatic carbocycles. The van der Waals surface area contributed by atoms with Gasteiger partial charge in [0.05, 0.1) is 18.6 Å². The van der Waals surface area contributed by atoms with Crippen LogP contribution in [0, 0.1) is 5.82 Å². The van der Waals surface area contributed by atoms with Crippen LogP contribution in [0.15, 0.2) is 24.3 Å². The summed E-state index contributed by atoms with van der Waals surface area (Å²) in [5.41, 5.74) is -0.0730. The topological polar surface area (TPSA) is 70.2 Å². The second kappa shape index (κ2) is 7.83. The molecule has 2 fully saturated rings. The molecule has 7 nitrogen and oxygen atoms in total. The summed E-state index contributed by atoms with van der Waals surface area (Å²) < 4.78 is 46.7. The van der Waals surface area contributed by atoms with E-state index in [1.807, 2.05) is 0 Å². The van der Waals surface area contributed by atoms with Crippen LogP contribution in [0.3, 0.4) is 0 Å². The monoisotopic (exact) mass is 399 g/mol. The predicted octanol–water partition coefficient (Wildman–Crippen LogP) is 0.825. The normalized spacial score (nSPS) is 20.6. The van der Waals surface area contributed by atoms with Gasteiger partial charge < -0.3 is 9.64 Å². The van der Waals surface area contributed by atoms with Gasteiger partial charge in [0, 0.05) is 39.3 Å². The predicted molar refractivity (Wildman–Crippen MR) is 98.9 cm³/mol. The molecule has 1 aromatic rings. The number of piperazine rings is 1. The molecule has 1 amide bonds. The number of benzene rings is 1. The van der Waals surface area contributed by atoms with Gasteiger partial charge in [0.15, 0.2) is 0 Å². The van der Waals surface area contributed by atoms with Gasteiger partial charge in [-0.15, -0.1) is 0 Å². The molecule has 3 rings (SSSR count). The van der Waals surface area contributed by atoms with Gasteiger partial charge in [-0.25, -0.2) is 4.39 Å². The van der Waals surface area contributed by atoms with Crippen molar-refractivity contribution in [3.63, 3.8) is 0 Å². The van der Waals surface area contributed by atoms with Crippen molar-refractivity contribution in [3.8, 4) is 0 Å². The summed E-state index contributed by atoms with van der Waals surface area (Å²) in [6, 6.07) is 5.92. The third-order valence-corrected chi connectivity index (χ3v) is 7.28. The van der Waals surface area contributed by atoms with E-state index in [2.05, 4.69) is 0 Å². The van der Waals surface area contributed by atoms with E-state index >= 15 is 0 Å². The number of carbonyl (C=O) groups is 1. The molecule has 2 heterocycles. The largest absolute Gasteiger partial charge is 0.379 e. The van der Waals surface area contributed by atoms with E-state index in [1.54, 1.807) is 30.9 Å². The van der Waals surface area contributed by atoms with Crippen molar-refractivity contribution in [1.82, 2.24) is 13.5 Å².